The van der Waals surface area contributed by atoms with Crippen molar-refractivity contribution >= 4 is 23.2 Å². The summed E-state index contributed by atoms with van der Waals surface area (Å²) in [5.41, 5.74) is 1.10. The van der Waals surface area contributed by atoms with E-state index in [9.17, 15) is 0 Å². The normalized spacial score (nSPS) is 25.0. The van der Waals surface area contributed by atoms with E-state index in [2.05, 4.69) is 30.1 Å². The van der Waals surface area contributed by atoms with E-state index in [1.807, 2.05) is 19.2 Å². The average Bonchev–Trinajstić information content (AvgIpc) is 2.43. The second-order valence-corrected chi connectivity index (χ2v) is 7.26. The number of likely N-dealkylation sites (tertiary alicyclic amines) is 1. The molecule has 1 aromatic rings. The van der Waals surface area contributed by atoms with Crippen LogP contribution in [0.15, 0.2) is 18.2 Å². The van der Waals surface area contributed by atoms with Crippen LogP contribution in [0.4, 0.5) is 0 Å². The predicted molar refractivity (Wildman–Crippen MR) is 92.3 cm³/mol. The minimum Gasteiger partial charge on any atom is -0.313 e. The minimum atomic E-state index is 0.253. The van der Waals surface area contributed by atoms with E-state index in [0.717, 1.165) is 30.4 Å². The van der Waals surface area contributed by atoms with Crippen molar-refractivity contribution in [1.29, 1.82) is 0 Å². The molecule has 2 nitrogen and oxygen atoms in total. The molecule has 1 heterocycles. The van der Waals surface area contributed by atoms with Gasteiger partial charge in [0.1, 0.15) is 0 Å². The Morgan fingerprint density at radius 3 is 2.52 bits per heavy atom. The van der Waals surface area contributed by atoms with Gasteiger partial charge in [0.2, 0.25) is 0 Å². The quantitative estimate of drug-likeness (QED) is 0.848. The summed E-state index contributed by atoms with van der Waals surface area (Å²) < 4.78 is 0. The predicted octanol–water partition coefficient (Wildman–Crippen LogP) is 4.62. The SMILES string of the molecule is CNC(CCN1CC(C)CC(C)C1)c1cccc(Cl)c1Cl. The van der Waals surface area contributed by atoms with Gasteiger partial charge in [0.05, 0.1) is 10.0 Å². The molecule has 0 aromatic heterocycles. The number of hydrogen-bond acceptors (Lipinski definition) is 2. The molecule has 1 saturated heterocycles. The number of nitrogens with one attached hydrogen (secondary N) is 1. The zero-order valence-electron chi connectivity index (χ0n) is 13.2. The zero-order chi connectivity index (χ0) is 15.4. The highest BCUT2D eigenvalue weighted by Gasteiger charge is 2.23. The molecule has 3 unspecified atom stereocenters. The van der Waals surface area contributed by atoms with E-state index in [0.29, 0.717) is 10.0 Å². The number of piperidine rings is 1. The summed E-state index contributed by atoms with van der Waals surface area (Å²) >= 11 is 12.5. The molecule has 21 heavy (non-hydrogen) atoms. The molecule has 0 bridgehead atoms. The molecule has 0 aliphatic carbocycles. The molecule has 0 spiro atoms. The minimum absolute atomic E-state index is 0.253. The molecule has 0 radical (unpaired) electrons. The molecule has 1 aliphatic rings. The van der Waals surface area contributed by atoms with E-state index in [1.165, 1.54) is 19.5 Å². The second-order valence-electron chi connectivity index (χ2n) is 6.48. The first-order valence-corrected chi connectivity index (χ1v) is 8.60. The van der Waals surface area contributed by atoms with Crippen LogP contribution >= 0.6 is 23.2 Å². The highest BCUT2D eigenvalue weighted by molar-refractivity contribution is 6.42. The molecule has 3 atom stereocenters. The summed E-state index contributed by atoms with van der Waals surface area (Å²) in [7, 11) is 1.99. The van der Waals surface area contributed by atoms with Crippen molar-refractivity contribution in [3.63, 3.8) is 0 Å². The number of rotatable bonds is 5. The third kappa shape index (κ3) is 4.59. The van der Waals surface area contributed by atoms with Crippen molar-refractivity contribution in [3.8, 4) is 0 Å². The van der Waals surface area contributed by atoms with Crippen molar-refractivity contribution in [1.82, 2.24) is 10.2 Å². The second kappa shape index (κ2) is 7.82. The molecule has 4 heteroatoms. The topological polar surface area (TPSA) is 15.3 Å². The summed E-state index contributed by atoms with van der Waals surface area (Å²) in [6, 6.07) is 6.13. The molecule has 2 rings (SSSR count). The smallest absolute Gasteiger partial charge is 0.0640 e. The molecule has 0 amide bonds. The lowest BCUT2D eigenvalue weighted by Gasteiger charge is -2.35. The van der Waals surface area contributed by atoms with Gasteiger partial charge in [0.15, 0.2) is 0 Å². The van der Waals surface area contributed by atoms with Gasteiger partial charge in [-0.25, -0.2) is 0 Å². The highest BCUT2D eigenvalue weighted by atomic mass is 35.5. The van der Waals surface area contributed by atoms with Crippen LogP contribution in [0.2, 0.25) is 10.0 Å². The summed E-state index contributed by atoms with van der Waals surface area (Å²) in [6.07, 6.45) is 2.40. The fourth-order valence-corrected chi connectivity index (χ4v) is 3.97. The Morgan fingerprint density at radius 1 is 1.24 bits per heavy atom. The third-order valence-electron chi connectivity index (χ3n) is 4.38. The Labute approximate surface area is 138 Å². The van der Waals surface area contributed by atoms with E-state index < -0.39 is 0 Å². The Balaban J connectivity index is 1.98. The van der Waals surface area contributed by atoms with Gasteiger partial charge in [-0.1, -0.05) is 49.2 Å². The molecular formula is C17H26Cl2N2. The van der Waals surface area contributed by atoms with Gasteiger partial charge < -0.3 is 10.2 Å². The van der Waals surface area contributed by atoms with Crippen LogP contribution in [-0.4, -0.2) is 31.6 Å². The van der Waals surface area contributed by atoms with Crippen LogP contribution in [0.1, 0.15) is 38.3 Å². The van der Waals surface area contributed by atoms with Crippen LogP contribution < -0.4 is 5.32 Å². The Kier molecular flexibility index (Phi) is 6.36. The van der Waals surface area contributed by atoms with E-state index >= 15 is 0 Å². The summed E-state index contributed by atoms with van der Waals surface area (Å²) in [5, 5.41) is 4.69. The number of benzene rings is 1. The van der Waals surface area contributed by atoms with Crippen LogP contribution in [0.3, 0.4) is 0 Å². The fraction of sp³-hybridized carbons (Fsp3) is 0.647. The Hall–Kier alpha value is -0.280. The maximum Gasteiger partial charge on any atom is 0.0640 e. The molecular weight excluding hydrogens is 303 g/mol. The average molecular weight is 329 g/mol. The van der Waals surface area contributed by atoms with Crippen LogP contribution in [0, 0.1) is 11.8 Å². The largest absolute Gasteiger partial charge is 0.313 e. The third-order valence-corrected chi connectivity index (χ3v) is 5.22. The standard InChI is InChI=1S/C17H26Cl2N2/c1-12-9-13(2)11-21(10-12)8-7-16(20-3)14-5-4-6-15(18)17(14)19/h4-6,12-13,16,20H,7-11H2,1-3H3. The van der Waals surface area contributed by atoms with E-state index in [-0.39, 0.29) is 6.04 Å². The van der Waals surface area contributed by atoms with Crippen molar-refractivity contribution < 1.29 is 0 Å². The molecule has 1 N–H and O–H groups in total. The maximum atomic E-state index is 6.35. The van der Waals surface area contributed by atoms with Crippen LogP contribution in [0.5, 0.6) is 0 Å². The van der Waals surface area contributed by atoms with Gasteiger partial charge in [-0.3, -0.25) is 0 Å². The Morgan fingerprint density at radius 2 is 1.90 bits per heavy atom. The van der Waals surface area contributed by atoms with Crippen LogP contribution in [0.25, 0.3) is 0 Å². The molecule has 1 aromatic carbocycles. The first-order chi connectivity index (χ1) is 10.0. The summed E-state index contributed by atoms with van der Waals surface area (Å²) in [4.78, 5) is 2.58. The molecule has 118 valence electrons. The first-order valence-electron chi connectivity index (χ1n) is 7.84. The van der Waals surface area contributed by atoms with Crippen LogP contribution in [-0.2, 0) is 0 Å². The van der Waals surface area contributed by atoms with Gasteiger partial charge in [-0.05, 0) is 49.9 Å². The van der Waals surface area contributed by atoms with Crippen molar-refractivity contribution in [2.75, 3.05) is 26.7 Å². The van der Waals surface area contributed by atoms with E-state index in [1.54, 1.807) is 0 Å². The molecule has 0 saturated carbocycles. The summed E-state index contributed by atoms with van der Waals surface area (Å²) in [5.74, 6) is 1.60. The van der Waals surface area contributed by atoms with Gasteiger partial charge in [0, 0.05) is 19.1 Å². The lowest BCUT2D eigenvalue weighted by molar-refractivity contribution is 0.136. The van der Waals surface area contributed by atoms with Gasteiger partial charge in [-0.15, -0.1) is 0 Å². The van der Waals surface area contributed by atoms with Crippen molar-refractivity contribution in [3.05, 3.63) is 33.8 Å². The van der Waals surface area contributed by atoms with Crippen molar-refractivity contribution in [2.45, 2.75) is 32.7 Å². The summed E-state index contributed by atoms with van der Waals surface area (Å²) in [6.45, 7) is 8.23. The van der Waals surface area contributed by atoms with Gasteiger partial charge in [0.25, 0.3) is 0 Å². The van der Waals surface area contributed by atoms with Gasteiger partial charge >= 0.3 is 0 Å². The van der Waals surface area contributed by atoms with Gasteiger partial charge in [-0.2, -0.15) is 0 Å². The number of nitrogens with zero attached hydrogens (tertiary/aromatic N) is 1. The molecule has 1 fully saturated rings. The number of halogens is 2. The fourth-order valence-electron chi connectivity index (χ4n) is 3.53. The number of hydrogen-bond donors (Lipinski definition) is 1. The molecule has 1 aliphatic heterocycles. The lowest BCUT2D eigenvalue weighted by atomic mass is 9.91. The Bertz CT molecular complexity index is 454. The zero-order valence-corrected chi connectivity index (χ0v) is 14.7. The monoisotopic (exact) mass is 328 g/mol. The first kappa shape index (κ1) is 17.1. The van der Waals surface area contributed by atoms with E-state index in [4.69, 9.17) is 23.2 Å². The lowest BCUT2D eigenvalue weighted by Crippen LogP contribution is -2.40. The maximum absolute atomic E-state index is 6.35. The van der Waals surface area contributed by atoms with Crippen molar-refractivity contribution in [2.24, 2.45) is 11.8 Å². The highest BCUT2D eigenvalue weighted by Crippen LogP contribution is 2.31.